The molecule has 0 bridgehead atoms. The van der Waals surface area contributed by atoms with E-state index in [1.54, 1.807) is 0 Å². The number of thioether (sulfide) groups is 1. The van der Waals surface area contributed by atoms with Crippen molar-refractivity contribution in [2.45, 2.75) is 42.0 Å². The van der Waals surface area contributed by atoms with Gasteiger partial charge in [0.05, 0.1) is 25.7 Å². The van der Waals surface area contributed by atoms with Gasteiger partial charge in [0.25, 0.3) is 0 Å². The van der Waals surface area contributed by atoms with E-state index in [9.17, 15) is 9.59 Å². The minimum atomic E-state index is -1.12. The number of hydrogen-bond acceptors (Lipinski definition) is 5. The average molecular weight is 652 g/mol. The van der Waals surface area contributed by atoms with Gasteiger partial charge in [-0.3, -0.25) is 14.5 Å². The molecule has 2 aliphatic rings. The van der Waals surface area contributed by atoms with Gasteiger partial charge < -0.3 is 19.9 Å². The maximum absolute atomic E-state index is 14.6. The standard InChI is InChI=1S/C34H36Cl2N4O3S/c1-23-3-10-27(11-4-23)44-34(33(42)37-13-2-14-39-15-17-43-18-16-39)20-31(41)40(22-24-5-7-25(35)8-6-24)32(34)29-21-38-30-19-26(36)9-12-28(29)30/h3-12,19,21,32,38H,2,13-18,20,22H2,1H3,(H,37,42)/t32-,34+/m1/s1. The molecule has 0 radical (unpaired) electrons. The van der Waals surface area contributed by atoms with Crippen molar-refractivity contribution in [1.29, 1.82) is 0 Å². The van der Waals surface area contributed by atoms with Crippen LogP contribution in [0.2, 0.25) is 10.0 Å². The molecular formula is C34H36Cl2N4O3S. The molecular weight excluding hydrogens is 615 g/mol. The molecule has 4 aromatic rings. The molecule has 0 spiro atoms. The topological polar surface area (TPSA) is 77.7 Å². The largest absolute Gasteiger partial charge is 0.379 e. The number of aromatic nitrogens is 1. The van der Waals surface area contributed by atoms with Gasteiger partial charge in [-0.2, -0.15) is 0 Å². The summed E-state index contributed by atoms with van der Waals surface area (Å²) in [5.41, 5.74) is 3.82. The van der Waals surface area contributed by atoms with E-state index in [0.29, 0.717) is 23.1 Å². The zero-order valence-electron chi connectivity index (χ0n) is 24.7. The number of amides is 2. The highest BCUT2D eigenvalue weighted by atomic mass is 35.5. The summed E-state index contributed by atoms with van der Waals surface area (Å²) in [6.07, 6.45) is 2.81. The maximum Gasteiger partial charge on any atom is 0.239 e. The van der Waals surface area contributed by atoms with Crippen molar-refractivity contribution in [3.63, 3.8) is 0 Å². The Labute approximate surface area is 272 Å². The van der Waals surface area contributed by atoms with Crippen LogP contribution < -0.4 is 5.32 Å². The smallest absolute Gasteiger partial charge is 0.239 e. The zero-order chi connectivity index (χ0) is 30.7. The number of nitrogens with zero attached hydrogens (tertiary/aromatic N) is 2. The van der Waals surface area contributed by atoms with Crippen molar-refractivity contribution < 1.29 is 14.3 Å². The Balaban J connectivity index is 1.39. The van der Waals surface area contributed by atoms with Gasteiger partial charge in [0.15, 0.2) is 0 Å². The number of carbonyl (C=O) groups is 2. The van der Waals surface area contributed by atoms with E-state index in [4.69, 9.17) is 27.9 Å². The summed E-state index contributed by atoms with van der Waals surface area (Å²) >= 11 is 14.0. The van der Waals surface area contributed by atoms with Crippen LogP contribution in [-0.4, -0.2) is 70.7 Å². The van der Waals surface area contributed by atoms with Crippen LogP contribution >= 0.6 is 35.0 Å². The molecule has 44 heavy (non-hydrogen) atoms. The van der Waals surface area contributed by atoms with Crippen molar-refractivity contribution in [2.75, 3.05) is 39.4 Å². The summed E-state index contributed by atoms with van der Waals surface area (Å²) < 4.78 is 4.36. The van der Waals surface area contributed by atoms with E-state index in [-0.39, 0.29) is 18.2 Å². The van der Waals surface area contributed by atoms with Crippen LogP contribution in [0.3, 0.4) is 0 Å². The van der Waals surface area contributed by atoms with Crippen molar-refractivity contribution in [3.05, 3.63) is 99.7 Å². The van der Waals surface area contributed by atoms with Crippen molar-refractivity contribution >= 4 is 57.7 Å². The molecule has 2 amide bonds. The van der Waals surface area contributed by atoms with Gasteiger partial charge in [0.2, 0.25) is 11.8 Å². The lowest BCUT2D eigenvalue weighted by molar-refractivity contribution is -0.129. The molecule has 0 aliphatic carbocycles. The van der Waals surface area contributed by atoms with Gasteiger partial charge >= 0.3 is 0 Å². The number of morpholine rings is 1. The van der Waals surface area contributed by atoms with Crippen LogP contribution in [0, 0.1) is 6.92 Å². The van der Waals surface area contributed by atoms with Crippen molar-refractivity contribution in [3.8, 4) is 0 Å². The fourth-order valence-electron chi connectivity index (χ4n) is 6.19. The molecule has 3 heterocycles. The summed E-state index contributed by atoms with van der Waals surface area (Å²) in [6.45, 7) is 7.09. The lowest BCUT2D eigenvalue weighted by Gasteiger charge is -2.36. The number of fused-ring (bicyclic) bond motifs is 1. The zero-order valence-corrected chi connectivity index (χ0v) is 27.0. The van der Waals surface area contributed by atoms with Crippen LogP contribution in [0.1, 0.15) is 35.6 Å². The molecule has 2 saturated heterocycles. The summed E-state index contributed by atoms with van der Waals surface area (Å²) in [6, 6.07) is 20.8. The Bertz CT molecular complexity index is 1620. The van der Waals surface area contributed by atoms with Crippen LogP contribution in [0.5, 0.6) is 0 Å². The van der Waals surface area contributed by atoms with Crippen molar-refractivity contribution in [2.24, 2.45) is 0 Å². The fourth-order valence-corrected chi connectivity index (χ4v) is 7.91. The number of benzene rings is 3. The summed E-state index contributed by atoms with van der Waals surface area (Å²) in [5, 5.41) is 5.43. The van der Waals surface area contributed by atoms with Gasteiger partial charge in [-0.1, -0.05) is 59.1 Å². The summed E-state index contributed by atoms with van der Waals surface area (Å²) in [7, 11) is 0. The first-order valence-corrected chi connectivity index (χ1v) is 16.5. The van der Waals surface area contributed by atoms with Crippen LogP contribution in [0.4, 0.5) is 0 Å². The Kier molecular flexibility index (Phi) is 9.54. The van der Waals surface area contributed by atoms with E-state index < -0.39 is 10.8 Å². The number of rotatable bonds is 10. The first kappa shape index (κ1) is 31.0. The van der Waals surface area contributed by atoms with Crippen LogP contribution in [0.15, 0.2) is 77.8 Å². The molecule has 0 saturated carbocycles. The SMILES string of the molecule is Cc1ccc(S[C@@]2(C(=O)NCCCN3CCOCC3)CC(=O)N(Cc3ccc(Cl)cc3)[C@@H]2c2c[nH]c3cc(Cl)ccc23)cc1. The molecule has 2 atom stereocenters. The first-order chi connectivity index (χ1) is 21.3. The van der Waals surface area contributed by atoms with E-state index in [2.05, 4.69) is 15.2 Å². The molecule has 2 fully saturated rings. The molecule has 10 heteroatoms. The van der Waals surface area contributed by atoms with Gasteiger partial charge in [0.1, 0.15) is 4.75 Å². The summed E-state index contributed by atoms with van der Waals surface area (Å²) in [5.74, 6) is -0.207. The Morgan fingerprint density at radius 1 is 1.05 bits per heavy atom. The Hall–Kier alpha value is -3.01. The highest BCUT2D eigenvalue weighted by Crippen LogP contribution is 2.54. The molecule has 0 unspecified atom stereocenters. The number of likely N-dealkylation sites (tertiary alicyclic amines) is 1. The summed E-state index contributed by atoms with van der Waals surface area (Å²) in [4.78, 5) is 37.2. The second-order valence-corrected chi connectivity index (χ2v) is 13.8. The fraction of sp³-hybridized carbons (Fsp3) is 0.353. The molecule has 3 aromatic carbocycles. The van der Waals surface area contributed by atoms with Crippen molar-refractivity contribution in [1.82, 2.24) is 20.1 Å². The van der Waals surface area contributed by atoms with Crippen LogP contribution in [-0.2, 0) is 20.9 Å². The molecule has 1 aromatic heterocycles. The van der Waals surface area contributed by atoms with Gasteiger partial charge in [-0.25, -0.2) is 0 Å². The quantitative estimate of drug-likeness (QED) is 0.189. The van der Waals surface area contributed by atoms with Gasteiger partial charge in [0, 0.05) is 63.8 Å². The third-order valence-corrected chi connectivity index (χ3v) is 10.4. The minimum absolute atomic E-state index is 0.0688. The first-order valence-electron chi connectivity index (χ1n) is 15.0. The highest BCUT2D eigenvalue weighted by Gasteiger charge is 2.58. The predicted octanol–water partition coefficient (Wildman–Crippen LogP) is 6.63. The average Bonchev–Trinajstić information content (AvgIpc) is 3.55. The number of hydrogen-bond donors (Lipinski definition) is 2. The van der Waals surface area contributed by atoms with E-state index in [0.717, 1.165) is 71.8 Å². The number of aromatic amines is 1. The van der Waals surface area contributed by atoms with Crippen LogP contribution in [0.25, 0.3) is 10.9 Å². The normalized spacial score (nSPS) is 20.8. The molecule has 2 N–H and O–H groups in total. The van der Waals surface area contributed by atoms with E-state index >= 15 is 0 Å². The second kappa shape index (κ2) is 13.5. The number of aryl methyl sites for hydroxylation is 1. The molecule has 6 rings (SSSR count). The lowest BCUT2D eigenvalue weighted by Crippen LogP contribution is -2.48. The minimum Gasteiger partial charge on any atom is -0.379 e. The van der Waals surface area contributed by atoms with E-state index in [1.165, 1.54) is 11.8 Å². The number of nitrogens with one attached hydrogen (secondary N) is 2. The second-order valence-electron chi connectivity index (χ2n) is 11.5. The third kappa shape index (κ3) is 6.65. The van der Waals surface area contributed by atoms with Gasteiger partial charge in [-0.05, 0) is 61.9 Å². The Morgan fingerprint density at radius 2 is 1.77 bits per heavy atom. The third-order valence-electron chi connectivity index (χ3n) is 8.47. The highest BCUT2D eigenvalue weighted by molar-refractivity contribution is 8.01. The molecule has 230 valence electrons. The number of ether oxygens (including phenoxy) is 1. The van der Waals surface area contributed by atoms with E-state index in [1.807, 2.05) is 84.8 Å². The number of H-pyrrole nitrogens is 1. The Morgan fingerprint density at radius 3 is 2.52 bits per heavy atom. The number of carbonyl (C=O) groups excluding carboxylic acids is 2. The molecule has 7 nitrogen and oxygen atoms in total. The monoisotopic (exact) mass is 650 g/mol. The lowest BCUT2D eigenvalue weighted by atomic mass is 9.91. The predicted molar refractivity (Wildman–Crippen MR) is 177 cm³/mol. The number of halogens is 2. The van der Waals surface area contributed by atoms with Gasteiger partial charge in [-0.15, -0.1) is 11.8 Å². The molecule has 2 aliphatic heterocycles. The maximum atomic E-state index is 14.6.